The summed E-state index contributed by atoms with van der Waals surface area (Å²) >= 11 is 0. The summed E-state index contributed by atoms with van der Waals surface area (Å²) in [6, 6.07) is 14.9. The van der Waals surface area contributed by atoms with Crippen LogP contribution in [0, 0.1) is 5.92 Å². The molecule has 0 spiro atoms. The number of nitrogens with zero attached hydrogens (tertiary/aromatic N) is 3. The number of carbonyl (C=O) groups is 1. The Morgan fingerprint density at radius 2 is 1.71 bits per heavy atom. The van der Waals surface area contributed by atoms with Gasteiger partial charge in [0, 0.05) is 37.3 Å². The summed E-state index contributed by atoms with van der Waals surface area (Å²) in [6.07, 6.45) is 1.37. The van der Waals surface area contributed by atoms with Crippen LogP contribution in [0.4, 0.5) is 17.1 Å². The number of aliphatic hydroxyl groups is 1. The van der Waals surface area contributed by atoms with E-state index in [0.717, 1.165) is 61.6 Å². The Balaban J connectivity index is 1.48. The number of benzene rings is 2. The summed E-state index contributed by atoms with van der Waals surface area (Å²) < 4.78 is 5.45. The zero-order valence-corrected chi connectivity index (χ0v) is 18.3. The van der Waals surface area contributed by atoms with Crippen molar-refractivity contribution in [2.45, 2.75) is 39.0 Å². The molecule has 1 N–H and O–H groups in total. The fourth-order valence-corrected chi connectivity index (χ4v) is 4.84. The molecule has 2 aliphatic heterocycles. The van der Waals surface area contributed by atoms with E-state index in [0.29, 0.717) is 6.54 Å². The summed E-state index contributed by atoms with van der Waals surface area (Å²) in [5.41, 5.74) is 5.26. The molecule has 2 atom stereocenters. The third-order valence-corrected chi connectivity index (χ3v) is 6.64. The Kier molecular flexibility index (Phi) is 5.36. The van der Waals surface area contributed by atoms with E-state index in [-0.39, 0.29) is 17.9 Å². The molecule has 1 amide bonds. The van der Waals surface area contributed by atoms with Crippen LogP contribution in [0.3, 0.4) is 0 Å². The SMILES string of the molecule is CC(O)N1c2ccc(-c3ccc(N4CCOCC4)cc3)cc2N(C(=O)C2CC2)C[C@@H]1C. The van der Waals surface area contributed by atoms with Crippen LogP contribution in [0.1, 0.15) is 26.7 Å². The summed E-state index contributed by atoms with van der Waals surface area (Å²) in [7, 11) is 0. The van der Waals surface area contributed by atoms with Gasteiger partial charge in [0.25, 0.3) is 0 Å². The van der Waals surface area contributed by atoms with Gasteiger partial charge in [-0.3, -0.25) is 4.79 Å². The Morgan fingerprint density at radius 3 is 2.35 bits per heavy atom. The highest BCUT2D eigenvalue weighted by atomic mass is 16.5. The first-order valence-corrected chi connectivity index (χ1v) is 11.4. The van der Waals surface area contributed by atoms with Crippen molar-refractivity contribution in [3.05, 3.63) is 42.5 Å². The second kappa shape index (κ2) is 8.17. The molecule has 164 valence electrons. The van der Waals surface area contributed by atoms with Gasteiger partial charge in [0.2, 0.25) is 5.91 Å². The lowest BCUT2D eigenvalue weighted by molar-refractivity contribution is -0.119. The predicted octanol–water partition coefficient (Wildman–Crippen LogP) is 3.48. The molecule has 2 aromatic rings. The topological polar surface area (TPSA) is 56.2 Å². The number of hydrogen-bond acceptors (Lipinski definition) is 5. The Morgan fingerprint density at radius 1 is 1.03 bits per heavy atom. The lowest BCUT2D eigenvalue weighted by Gasteiger charge is -2.44. The first-order valence-electron chi connectivity index (χ1n) is 11.4. The number of anilines is 3. The zero-order chi connectivity index (χ0) is 21.5. The van der Waals surface area contributed by atoms with E-state index in [2.05, 4.69) is 54.3 Å². The van der Waals surface area contributed by atoms with Gasteiger partial charge < -0.3 is 24.5 Å². The highest BCUT2D eigenvalue weighted by Crippen LogP contribution is 2.42. The van der Waals surface area contributed by atoms with Crippen molar-refractivity contribution >= 4 is 23.0 Å². The van der Waals surface area contributed by atoms with Crippen molar-refractivity contribution in [2.75, 3.05) is 47.5 Å². The summed E-state index contributed by atoms with van der Waals surface area (Å²) in [6.45, 7) is 7.85. The summed E-state index contributed by atoms with van der Waals surface area (Å²) in [5, 5.41) is 10.4. The van der Waals surface area contributed by atoms with Gasteiger partial charge in [-0.25, -0.2) is 0 Å². The maximum atomic E-state index is 13.0. The second-order valence-electron chi connectivity index (χ2n) is 8.96. The van der Waals surface area contributed by atoms with Crippen LogP contribution in [0.15, 0.2) is 42.5 Å². The fourth-order valence-electron chi connectivity index (χ4n) is 4.84. The average Bonchev–Trinajstić information content (AvgIpc) is 3.64. The molecule has 6 nitrogen and oxygen atoms in total. The Hall–Kier alpha value is -2.57. The number of aliphatic hydroxyl groups excluding tert-OH is 1. The highest BCUT2D eigenvalue weighted by Gasteiger charge is 2.39. The normalized spacial score (nSPS) is 22.3. The largest absolute Gasteiger partial charge is 0.378 e. The molecule has 0 aromatic heterocycles. The number of carbonyl (C=O) groups excluding carboxylic acids is 1. The molecule has 0 radical (unpaired) electrons. The van der Waals surface area contributed by atoms with Gasteiger partial charge in [-0.1, -0.05) is 18.2 Å². The van der Waals surface area contributed by atoms with Crippen molar-refractivity contribution in [1.82, 2.24) is 0 Å². The lowest BCUT2D eigenvalue weighted by Crippen LogP contribution is -2.53. The number of amides is 1. The Bertz CT molecular complexity index is 949. The summed E-state index contributed by atoms with van der Waals surface area (Å²) in [5.74, 6) is 0.382. The molecule has 31 heavy (non-hydrogen) atoms. The minimum absolute atomic E-state index is 0.0638. The van der Waals surface area contributed by atoms with Crippen LogP contribution in [0.2, 0.25) is 0 Å². The van der Waals surface area contributed by atoms with Crippen LogP contribution >= 0.6 is 0 Å². The molecule has 2 heterocycles. The van der Waals surface area contributed by atoms with Gasteiger partial charge in [-0.2, -0.15) is 0 Å². The fraction of sp³-hybridized carbons (Fsp3) is 0.480. The standard InChI is InChI=1S/C25H31N3O3/c1-17-16-27(25(30)20-3-4-20)24-15-21(7-10-23(24)28(17)18(2)29)19-5-8-22(9-6-19)26-11-13-31-14-12-26/h5-10,15,17-18,20,29H,3-4,11-14,16H2,1-2H3/t17-,18?/m0/s1. The van der Waals surface area contributed by atoms with Crippen molar-refractivity contribution in [2.24, 2.45) is 5.92 Å². The molecule has 5 rings (SSSR count). The third-order valence-electron chi connectivity index (χ3n) is 6.64. The van der Waals surface area contributed by atoms with Gasteiger partial charge in [-0.05, 0) is 62.1 Å². The molecular formula is C25H31N3O3. The van der Waals surface area contributed by atoms with E-state index in [1.54, 1.807) is 6.92 Å². The lowest BCUT2D eigenvalue weighted by atomic mass is 9.99. The van der Waals surface area contributed by atoms with E-state index < -0.39 is 6.23 Å². The number of fused-ring (bicyclic) bond motifs is 1. The molecular weight excluding hydrogens is 390 g/mol. The van der Waals surface area contributed by atoms with Crippen molar-refractivity contribution in [1.29, 1.82) is 0 Å². The Labute approximate surface area is 184 Å². The minimum atomic E-state index is -0.606. The van der Waals surface area contributed by atoms with Crippen LogP contribution < -0.4 is 14.7 Å². The first-order chi connectivity index (χ1) is 15.0. The average molecular weight is 422 g/mol. The van der Waals surface area contributed by atoms with Crippen molar-refractivity contribution in [3.63, 3.8) is 0 Å². The van der Waals surface area contributed by atoms with Crippen LogP contribution in [-0.4, -0.2) is 56.1 Å². The number of hydrogen-bond donors (Lipinski definition) is 1. The quantitative estimate of drug-likeness (QED) is 0.819. The van der Waals surface area contributed by atoms with E-state index in [9.17, 15) is 9.90 Å². The number of ether oxygens (including phenoxy) is 1. The molecule has 2 aromatic carbocycles. The molecule has 0 bridgehead atoms. The van der Waals surface area contributed by atoms with Crippen LogP contribution in [-0.2, 0) is 9.53 Å². The molecule has 1 saturated carbocycles. The van der Waals surface area contributed by atoms with Crippen molar-refractivity contribution < 1.29 is 14.6 Å². The van der Waals surface area contributed by atoms with E-state index in [1.807, 2.05) is 9.80 Å². The molecule has 6 heteroatoms. The first kappa shape index (κ1) is 20.3. The van der Waals surface area contributed by atoms with Gasteiger partial charge in [0.05, 0.1) is 24.6 Å². The van der Waals surface area contributed by atoms with E-state index in [4.69, 9.17) is 4.74 Å². The second-order valence-corrected chi connectivity index (χ2v) is 8.96. The van der Waals surface area contributed by atoms with Gasteiger partial charge >= 0.3 is 0 Å². The van der Waals surface area contributed by atoms with Crippen molar-refractivity contribution in [3.8, 4) is 11.1 Å². The molecule has 3 aliphatic rings. The monoisotopic (exact) mass is 421 g/mol. The number of rotatable bonds is 4. The third kappa shape index (κ3) is 3.90. The van der Waals surface area contributed by atoms with Gasteiger partial charge in [0.1, 0.15) is 6.23 Å². The molecule has 1 unspecified atom stereocenters. The highest BCUT2D eigenvalue weighted by molar-refractivity contribution is 6.01. The molecule has 1 aliphatic carbocycles. The number of morpholine rings is 1. The predicted molar refractivity (Wildman–Crippen MR) is 124 cm³/mol. The molecule has 1 saturated heterocycles. The zero-order valence-electron chi connectivity index (χ0n) is 18.3. The van der Waals surface area contributed by atoms with Gasteiger partial charge in [0.15, 0.2) is 0 Å². The van der Waals surface area contributed by atoms with Crippen LogP contribution in [0.5, 0.6) is 0 Å². The summed E-state index contributed by atoms with van der Waals surface area (Å²) in [4.78, 5) is 19.3. The van der Waals surface area contributed by atoms with Crippen LogP contribution in [0.25, 0.3) is 11.1 Å². The smallest absolute Gasteiger partial charge is 0.230 e. The maximum absolute atomic E-state index is 13.0. The molecule has 2 fully saturated rings. The van der Waals surface area contributed by atoms with E-state index >= 15 is 0 Å². The van der Waals surface area contributed by atoms with Gasteiger partial charge in [-0.15, -0.1) is 0 Å². The maximum Gasteiger partial charge on any atom is 0.230 e. The minimum Gasteiger partial charge on any atom is -0.378 e. The van der Waals surface area contributed by atoms with E-state index in [1.165, 1.54) is 5.69 Å².